The summed E-state index contributed by atoms with van der Waals surface area (Å²) in [5, 5.41) is 6.08. The third-order valence-corrected chi connectivity index (χ3v) is 6.16. The van der Waals surface area contributed by atoms with Gasteiger partial charge in [0, 0.05) is 42.7 Å². The van der Waals surface area contributed by atoms with Crippen LogP contribution in [0.15, 0.2) is 42.7 Å². The number of rotatable bonds is 9. The lowest BCUT2D eigenvalue weighted by Gasteiger charge is -2.31. The summed E-state index contributed by atoms with van der Waals surface area (Å²) in [6, 6.07) is 9.79. The van der Waals surface area contributed by atoms with Gasteiger partial charge in [-0.25, -0.2) is 14.4 Å². The van der Waals surface area contributed by atoms with Crippen molar-refractivity contribution < 1.29 is 23.5 Å². The molecule has 1 fully saturated rings. The van der Waals surface area contributed by atoms with Gasteiger partial charge >= 0.3 is 0 Å². The van der Waals surface area contributed by atoms with Crippen LogP contribution in [-0.2, 0) is 14.3 Å². The monoisotopic (exact) mass is 495 g/mol. The number of aromatic nitrogens is 2. The van der Waals surface area contributed by atoms with Crippen LogP contribution in [0.2, 0.25) is 0 Å². The average molecular weight is 496 g/mol. The number of nitrogens with one attached hydrogen (secondary N) is 2. The number of fused-ring (bicyclic) bond motifs is 1. The van der Waals surface area contributed by atoms with E-state index in [1.165, 1.54) is 12.4 Å². The Kier molecular flexibility index (Phi) is 7.64. The van der Waals surface area contributed by atoms with Crippen LogP contribution in [-0.4, -0.2) is 59.1 Å². The fourth-order valence-corrected chi connectivity index (χ4v) is 4.32. The Morgan fingerprint density at radius 2 is 1.86 bits per heavy atom. The molecule has 2 aromatic carbocycles. The molecular formula is C26H30FN5O4. The topological polar surface area (TPSA) is 106 Å². The molecule has 3 aromatic rings. The quantitative estimate of drug-likeness (QED) is 0.337. The van der Waals surface area contributed by atoms with Crippen molar-refractivity contribution >= 4 is 39.9 Å². The molecule has 1 saturated heterocycles. The number of halogens is 1. The fraction of sp³-hybridized carbons (Fsp3) is 0.385. The van der Waals surface area contributed by atoms with E-state index in [1.54, 1.807) is 42.3 Å². The minimum absolute atomic E-state index is 0.168. The molecule has 1 aliphatic heterocycles. The minimum Gasteiger partial charge on any atom is -0.491 e. The zero-order chi connectivity index (χ0) is 25.7. The van der Waals surface area contributed by atoms with Gasteiger partial charge in [0.25, 0.3) is 0 Å². The SMILES string of the molecule is COCCOc1cc(F)c2c(Nc3ccc(NC(=O)CC(=O)N4CCCC4(C)C)cc3)ncnc2c1. The summed E-state index contributed by atoms with van der Waals surface area (Å²) in [6.07, 6.45) is 3.02. The molecule has 0 radical (unpaired) electrons. The number of hydrogen-bond acceptors (Lipinski definition) is 7. The number of carbonyl (C=O) groups excluding carboxylic acids is 2. The second kappa shape index (κ2) is 10.9. The van der Waals surface area contributed by atoms with E-state index in [1.807, 2.05) is 13.8 Å². The highest BCUT2D eigenvalue weighted by atomic mass is 19.1. The smallest absolute Gasteiger partial charge is 0.233 e. The molecule has 190 valence electrons. The molecule has 2 amide bonds. The maximum atomic E-state index is 14.9. The molecule has 10 heteroatoms. The van der Waals surface area contributed by atoms with Gasteiger partial charge < -0.3 is 25.0 Å². The molecule has 9 nitrogen and oxygen atoms in total. The Bertz CT molecular complexity index is 1250. The molecule has 2 N–H and O–H groups in total. The van der Waals surface area contributed by atoms with Gasteiger partial charge in [-0.05, 0) is 51.0 Å². The summed E-state index contributed by atoms with van der Waals surface area (Å²) in [6.45, 7) is 5.40. The summed E-state index contributed by atoms with van der Waals surface area (Å²) in [5.41, 5.74) is 1.38. The van der Waals surface area contributed by atoms with E-state index in [0.717, 1.165) is 12.8 Å². The molecule has 36 heavy (non-hydrogen) atoms. The molecule has 0 unspecified atom stereocenters. The highest BCUT2D eigenvalue weighted by Crippen LogP contribution is 2.30. The van der Waals surface area contributed by atoms with Crippen LogP contribution in [0.25, 0.3) is 10.9 Å². The number of hydrogen-bond donors (Lipinski definition) is 2. The van der Waals surface area contributed by atoms with Crippen molar-refractivity contribution in [1.29, 1.82) is 0 Å². The van der Waals surface area contributed by atoms with Gasteiger partial charge in [-0.1, -0.05) is 0 Å². The Labute approximate surface area is 209 Å². The van der Waals surface area contributed by atoms with Gasteiger partial charge in [-0.2, -0.15) is 0 Å². The molecule has 0 spiro atoms. The van der Waals surface area contributed by atoms with Crippen molar-refractivity contribution in [2.24, 2.45) is 0 Å². The fourth-order valence-electron chi connectivity index (χ4n) is 4.32. The first kappa shape index (κ1) is 25.3. The van der Waals surface area contributed by atoms with Crippen LogP contribution in [0.3, 0.4) is 0 Å². The maximum absolute atomic E-state index is 14.9. The lowest BCUT2D eigenvalue weighted by atomic mass is 10.0. The first-order valence-corrected chi connectivity index (χ1v) is 11.8. The van der Waals surface area contributed by atoms with E-state index >= 15 is 0 Å². The molecule has 1 aliphatic rings. The summed E-state index contributed by atoms with van der Waals surface area (Å²) < 4.78 is 25.3. The van der Waals surface area contributed by atoms with E-state index in [4.69, 9.17) is 9.47 Å². The summed E-state index contributed by atoms with van der Waals surface area (Å²) in [4.78, 5) is 35.1. The number of methoxy groups -OCH3 is 1. The highest BCUT2D eigenvalue weighted by molar-refractivity contribution is 6.04. The Morgan fingerprint density at radius 3 is 2.56 bits per heavy atom. The normalized spacial score (nSPS) is 14.6. The van der Waals surface area contributed by atoms with Crippen LogP contribution in [0.5, 0.6) is 5.75 Å². The van der Waals surface area contributed by atoms with Crippen molar-refractivity contribution in [1.82, 2.24) is 14.9 Å². The minimum atomic E-state index is -0.516. The number of benzene rings is 2. The first-order valence-electron chi connectivity index (χ1n) is 11.8. The Hall–Kier alpha value is -3.79. The van der Waals surface area contributed by atoms with Crippen molar-refractivity contribution in [2.75, 3.05) is 37.5 Å². The van der Waals surface area contributed by atoms with Crippen LogP contribution in [0.1, 0.15) is 33.1 Å². The van der Waals surface area contributed by atoms with Gasteiger partial charge in [-0.15, -0.1) is 0 Å². The summed E-state index contributed by atoms with van der Waals surface area (Å²) in [5.74, 6) is -0.392. The highest BCUT2D eigenvalue weighted by Gasteiger charge is 2.35. The summed E-state index contributed by atoms with van der Waals surface area (Å²) >= 11 is 0. The third kappa shape index (κ3) is 5.88. The van der Waals surface area contributed by atoms with E-state index in [-0.39, 0.29) is 29.2 Å². The number of ether oxygens (including phenoxy) is 2. The number of amides is 2. The molecular weight excluding hydrogens is 465 g/mol. The standard InChI is InChI=1S/C26H30FN5O4/c1-26(2)9-4-10-32(26)23(34)15-22(33)30-17-5-7-18(8-6-17)31-25-24-20(27)13-19(36-12-11-35-3)14-21(24)28-16-29-25/h5-8,13-14,16H,4,9-12,15H2,1-3H3,(H,30,33)(H,28,29,31). The lowest BCUT2D eigenvalue weighted by Crippen LogP contribution is -2.43. The second-order valence-corrected chi connectivity index (χ2v) is 9.25. The third-order valence-electron chi connectivity index (χ3n) is 6.16. The lowest BCUT2D eigenvalue weighted by molar-refractivity contribution is -0.137. The number of nitrogens with zero attached hydrogens (tertiary/aromatic N) is 3. The van der Waals surface area contributed by atoms with Gasteiger partial charge in [0.1, 0.15) is 36.7 Å². The van der Waals surface area contributed by atoms with E-state index < -0.39 is 5.82 Å². The number of carbonyl (C=O) groups is 2. The zero-order valence-electron chi connectivity index (χ0n) is 20.6. The largest absolute Gasteiger partial charge is 0.491 e. The summed E-state index contributed by atoms with van der Waals surface area (Å²) in [7, 11) is 1.56. The average Bonchev–Trinajstić information content (AvgIpc) is 3.19. The van der Waals surface area contributed by atoms with E-state index in [0.29, 0.717) is 48.2 Å². The molecule has 4 rings (SSSR count). The van der Waals surface area contributed by atoms with E-state index in [2.05, 4.69) is 20.6 Å². The van der Waals surface area contributed by atoms with Crippen LogP contribution >= 0.6 is 0 Å². The molecule has 0 atom stereocenters. The van der Waals surface area contributed by atoms with Crippen molar-refractivity contribution in [2.45, 2.75) is 38.6 Å². The number of likely N-dealkylation sites (tertiary alicyclic amines) is 1. The van der Waals surface area contributed by atoms with E-state index in [9.17, 15) is 14.0 Å². The Balaban J connectivity index is 1.40. The molecule has 0 saturated carbocycles. The molecule has 0 bridgehead atoms. The van der Waals surface area contributed by atoms with Crippen molar-refractivity contribution in [3.05, 3.63) is 48.5 Å². The van der Waals surface area contributed by atoms with Crippen LogP contribution in [0.4, 0.5) is 21.6 Å². The van der Waals surface area contributed by atoms with Gasteiger partial charge in [0.15, 0.2) is 0 Å². The molecule has 0 aliphatic carbocycles. The zero-order valence-corrected chi connectivity index (χ0v) is 20.6. The van der Waals surface area contributed by atoms with Gasteiger partial charge in [0.2, 0.25) is 11.8 Å². The number of anilines is 3. The van der Waals surface area contributed by atoms with Crippen LogP contribution in [0, 0.1) is 5.82 Å². The van der Waals surface area contributed by atoms with Gasteiger partial charge in [0.05, 0.1) is 17.5 Å². The van der Waals surface area contributed by atoms with Crippen molar-refractivity contribution in [3.8, 4) is 5.75 Å². The van der Waals surface area contributed by atoms with Gasteiger partial charge in [-0.3, -0.25) is 9.59 Å². The van der Waals surface area contributed by atoms with Crippen LogP contribution < -0.4 is 15.4 Å². The maximum Gasteiger partial charge on any atom is 0.233 e. The molecule has 1 aromatic heterocycles. The van der Waals surface area contributed by atoms with Crippen molar-refractivity contribution in [3.63, 3.8) is 0 Å². The predicted octanol–water partition coefficient (Wildman–Crippen LogP) is 4.27. The predicted molar refractivity (Wildman–Crippen MR) is 135 cm³/mol. The first-order chi connectivity index (χ1) is 17.3. The Morgan fingerprint density at radius 1 is 1.11 bits per heavy atom. The second-order valence-electron chi connectivity index (χ2n) is 9.25. The molecule has 2 heterocycles.